The smallest absolute Gasteiger partial charge is 0.408 e. The van der Waals surface area contributed by atoms with E-state index in [2.05, 4.69) is 16.0 Å². The van der Waals surface area contributed by atoms with Crippen LogP contribution in [0.2, 0.25) is 0 Å². The highest BCUT2D eigenvalue weighted by molar-refractivity contribution is 5.86. The number of ether oxygens (including phenoxy) is 2. The topological polar surface area (TPSA) is 123 Å². The van der Waals surface area contributed by atoms with Crippen molar-refractivity contribution < 1.29 is 28.7 Å². The van der Waals surface area contributed by atoms with Gasteiger partial charge in [0.2, 0.25) is 5.91 Å². The Hall–Kier alpha value is -2.32. The fraction of sp³-hybridized carbons (Fsp3) is 0.789. The molecule has 9 nitrogen and oxygen atoms in total. The molecule has 2 fully saturated rings. The van der Waals surface area contributed by atoms with Crippen LogP contribution in [0.3, 0.4) is 0 Å². The summed E-state index contributed by atoms with van der Waals surface area (Å²) in [6.07, 6.45) is 1.38. The van der Waals surface area contributed by atoms with Gasteiger partial charge in [-0.3, -0.25) is 14.4 Å². The molecule has 0 bridgehead atoms. The van der Waals surface area contributed by atoms with E-state index in [1.165, 1.54) is 6.92 Å². The van der Waals surface area contributed by atoms with Crippen molar-refractivity contribution in [2.45, 2.75) is 83.6 Å². The minimum Gasteiger partial charge on any atom is -0.450 e. The summed E-state index contributed by atoms with van der Waals surface area (Å²) in [5.41, 5.74) is -0.732. The largest absolute Gasteiger partial charge is 0.450 e. The van der Waals surface area contributed by atoms with Crippen molar-refractivity contribution in [2.24, 2.45) is 5.92 Å². The Morgan fingerprint density at radius 3 is 2.43 bits per heavy atom. The van der Waals surface area contributed by atoms with Crippen LogP contribution in [0.25, 0.3) is 0 Å². The number of carbonyl (C=O) groups is 4. The standard InChI is InChI=1S/C19H31N3O6/c1-11(23)27-15(17(25)21-13-7-8-13)14(22-18(26)28-19(2,3)4)10-12-6-5-9-20-16(12)24/h12-15H,5-10H2,1-4H3,(H,20,24)(H,21,25)(H,22,26)/t12-,14-,15?/m0/s1. The van der Waals surface area contributed by atoms with E-state index in [4.69, 9.17) is 9.47 Å². The van der Waals surface area contributed by atoms with Crippen molar-refractivity contribution >= 4 is 23.9 Å². The second-order valence-electron chi connectivity index (χ2n) is 8.43. The Bertz CT molecular complexity index is 611. The van der Waals surface area contributed by atoms with Gasteiger partial charge in [-0.1, -0.05) is 0 Å². The average molecular weight is 397 g/mol. The molecule has 1 aliphatic heterocycles. The zero-order chi connectivity index (χ0) is 20.9. The van der Waals surface area contributed by atoms with E-state index >= 15 is 0 Å². The van der Waals surface area contributed by atoms with Crippen LogP contribution in [0.1, 0.15) is 59.8 Å². The Labute approximate surface area is 165 Å². The normalized spacial score (nSPS) is 21.7. The summed E-state index contributed by atoms with van der Waals surface area (Å²) in [7, 11) is 0. The molecule has 1 heterocycles. The van der Waals surface area contributed by atoms with Gasteiger partial charge in [0, 0.05) is 25.4 Å². The Morgan fingerprint density at radius 2 is 1.89 bits per heavy atom. The molecule has 0 radical (unpaired) electrons. The molecular formula is C19H31N3O6. The van der Waals surface area contributed by atoms with Gasteiger partial charge in [-0.25, -0.2) is 4.79 Å². The van der Waals surface area contributed by atoms with E-state index in [0.29, 0.717) is 13.0 Å². The third-order valence-electron chi connectivity index (χ3n) is 4.48. The zero-order valence-corrected chi connectivity index (χ0v) is 17.0. The van der Waals surface area contributed by atoms with Crippen LogP contribution in [-0.4, -0.2) is 54.2 Å². The predicted octanol–water partition coefficient (Wildman–Crippen LogP) is 1.01. The van der Waals surface area contributed by atoms with E-state index in [0.717, 1.165) is 19.3 Å². The van der Waals surface area contributed by atoms with Crippen LogP contribution in [0.15, 0.2) is 0 Å². The number of alkyl carbamates (subject to hydrolysis) is 1. The van der Waals surface area contributed by atoms with Gasteiger partial charge < -0.3 is 25.4 Å². The molecule has 9 heteroatoms. The van der Waals surface area contributed by atoms with Gasteiger partial charge in [0.05, 0.1) is 6.04 Å². The van der Waals surface area contributed by atoms with E-state index < -0.39 is 35.7 Å². The molecule has 3 atom stereocenters. The first-order valence-corrected chi connectivity index (χ1v) is 9.80. The maximum Gasteiger partial charge on any atom is 0.408 e. The zero-order valence-electron chi connectivity index (χ0n) is 17.0. The monoisotopic (exact) mass is 397 g/mol. The van der Waals surface area contributed by atoms with Gasteiger partial charge in [0.25, 0.3) is 5.91 Å². The molecule has 0 aromatic rings. The van der Waals surface area contributed by atoms with E-state index in [1.54, 1.807) is 20.8 Å². The van der Waals surface area contributed by atoms with Crippen molar-refractivity contribution in [3.63, 3.8) is 0 Å². The molecule has 0 spiro atoms. The number of hydrogen-bond acceptors (Lipinski definition) is 6. The lowest BCUT2D eigenvalue weighted by atomic mass is 9.89. The van der Waals surface area contributed by atoms with Gasteiger partial charge in [0.15, 0.2) is 6.10 Å². The number of piperidine rings is 1. The van der Waals surface area contributed by atoms with E-state index in [1.807, 2.05) is 0 Å². The van der Waals surface area contributed by atoms with Gasteiger partial charge >= 0.3 is 12.1 Å². The molecule has 28 heavy (non-hydrogen) atoms. The molecule has 1 unspecified atom stereocenters. The molecule has 3 amide bonds. The van der Waals surface area contributed by atoms with E-state index in [9.17, 15) is 19.2 Å². The minimum atomic E-state index is -1.24. The first kappa shape index (κ1) is 22.0. The summed E-state index contributed by atoms with van der Waals surface area (Å²) in [5, 5.41) is 8.23. The van der Waals surface area contributed by atoms with Crippen LogP contribution in [-0.2, 0) is 23.9 Å². The summed E-state index contributed by atoms with van der Waals surface area (Å²) < 4.78 is 10.5. The van der Waals surface area contributed by atoms with Crippen molar-refractivity contribution in [2.75, 3.05) is 6.54 Å². The fourth-order valence-electron chi connectivity index (χ4n) is 3.09. The molecule has 0 aromatic heterocycles. The number of hydrogen-bond donors (Lipinski definition) is 3. The number of nitrogens with one attached hydrogen (secondary N) is 3. The van der Waals surface area contributed by atoms with Crippen LogP contribution >= 0.6 is 0 Å². The van der Waals surface area contributed by atoms with Crippen molar-refractivity contribution in [1.29, 1.82) is 0 Å². The predicted molar refractivity (Wildman–Crippen MR) is 100 cm³/mol. The lowest BCUT2D eigenvalue weighted by molar-refractivity contribution is -0.156. The number of esters is 1. The van der Waals surface area contributed by atoms with Crippen LogP contribution < -0.4 is 16.0 Å². The van der Waals surface area contributed by atoms with E-state index in [-0.39, 0.29) is 24.3 Å². The summed E-state index contributed by atoms with van der Waals surface area (Å²) >= 11 is 0. The summed E-state index contributed by atoms with van der Waals surface area (Å²) in [6.45, 7) is 6.98. The van der Waals surface area contributed by atoms with Crippen molar-refractivity contribution in [3.8, 4) is 0 Å². The highest BCUT2D eigenvalue weighted by Crippen LogP contribution is 2.23. The molecular weight excluding hydrogens is 366 g/mol. The maximum absolute atomic E-state index is 12.7. The molecule has 2 aliphatic rings. The first-order chi connectivity index (χ1) is 13.0. The lowest BCUT2D eigenvalue weighted by Crippen LogP contribution is -2.55. The maximum atomic E-state index is 12.7. The van der Waals surface area contributed by atoms with Gasteiger partial charge in [0.1, 0.15) is 5.60 Å². The minimum absolute atomic E-state index is 0.0608. The summed E-state index contributed by atoms with van der Waals surface area (Å²) in [4.78, 5) is 48.8. The summed E-state index contributed by atoms with van der Waals surface area (Å²) in [5.74, 6) is -1.64. The molecule has 1 saturated carbocycles. The van der Waals surface area contributed by atoms with Crippen LogP contribution in [0, 0.1) is 5.92 Å². The van der Waals surface area contributed by atoms with Crippen LogP contribution in [0.5, 0.6) is 0 Å². The van der Waals surface area contributed by atoms with Gasteiger partial charge in [-0.2, -0.15) is 0 Å². The molecule has 3 N–H and O–H groups in total. The van der Waals surface area contributed by atoms with Crippen molar-refractivity contribution in [3.05, 3.63) is 0 Å². The highest BCUT2D eigenvalue weighted by atomic mass is 16.6. The quantitative estimate of drug-likeness (QED) is 0.551. The molecule has 0 aromatic carbocycles. The van der Waals surface area contributed by atoms with Crippen LogP contribution in [0.4, 0.5) is 4.79 Å². The second-order valence-corrected chi connectivity index (χ2v) is 8.43. The number of amides is 3. The van der Waals surface area contributed by atoms with Gasteiger partial charge in [-0.15, -0.1) is 0 Å². The Morgan fingerprint density at radius 1 is 1.21 bits per heavy atom. The Balaban J connectivity index is 2.17. The van der Waals surface area contributed by atoms with Gasteiger partial charge in [-0.05, 0) is 52.9 Å². The van der Waals surface area contributed by atoms with Crippen molar-refractivity contribution in [1.82, 2.24) is 16.0 Å². The lowest BCUT2D eigenvalue weighted by Gasteiger charge is -2.31. The SMILES string of the molecule is CC(=O)OC(C(=O)NC1CC1)[C@H](C[C@@H]1CCCNC1=O)NC(=O)OC(C)(C)C. The molecule has 158 valence electrons. The molecule has 1 saturated heterocycles. The number of carbonyl (C=O) groups excluding carboxylic acids is 4. The Kier molecular flexibility index (Phi) is 7.26. The fourth-order valence-corrected chi connectivity index (χ4v) is 3.09. The highest BCUT2D eigenvalue weighted by Gasteiger charge is 2.39. The molecule has 1 aliphatic carbocycles. The first-order valence-electron chi connectivity index (χ1n) is 9.80. The summed E-state index contributed by atoms with van der Waals surface area (Å²) in [6, 6.07) is -0.822. The molecule has 2 rings (SSSR count). The third-order valence-corrected chi connectivity index (χ3v) is 4.48. The third kappa shape index (κ3) is 7.36. The number of rotatable bonds is 7. The average Bonchev–Trinajstić information content (AvgIpc) is 3.36. The second kappa shape index (κ2) is 9.25.